The van der Waals surface area contributed by atoms with Crippen LogP contribution in [-0.4, -0.2) is 38.1 Å². The first-order valence-corrected chi connectivity index (χ1v) is 7.37. The predicted molar refractivity (Wildman–Crippen MR) is 79.4 cm³/mol. The lowest BCUT2D eigenvalue weighted by Crippen LogP contribution is -2.43. The topological polar surface area (TPSA) is 64.8 Å². The Morgan fingerprint density at radius 2 is 1.86 bits per heavy atom. The van der Waals surface area contributed by atoms with Crippen molar-refractivity contribution in [3.05, 3.63) is 23.3 Å². The van der Waals surface area contributed by atoms with Gasteiger partial charge in [0.05, 0.1) is 19.6 Å². The minimum atomic E-state index is -0.270. The van der Waals surface area contributed by atoms with E-state index in [1.54, 1.807) is 14.2 Å². The van der Waals surface area contributed by atoms with E-state index < -0.39 is 0 Å². The molecule has 0 unspecified atom stereocenters. The van der Waals surface area contributed by atoms with Crippen LogP contribution in [0.2, 0.25) is 0 Å². The monoisotopic (exact) mass is 290 g/mol. The second-order valence-corrected chi connectivity index (χ2v) is 5.94. The molecule has 114 valence electrons. The van der Waals surface area contributed by atoms with E-state index in [9.17, 15) is 4.79 Å². The van der Waals surface area contributed by atoms with Crippen molar-refractivity contribution in [1.82, 2.24) is 4.90 Å². The lowest BCUT2D eigenvalue weighted by atomic mass is 9.96. The molecule has 5 nitrogen and oxygen atoms in total. The Hall–Kier alpha value is -1.75. The summed E-state index contributed by atoms with van der Waals surface area (Å²) in [5.41, 5.74) is 7.87. The van der Waals surface area contributed by atoms with Crippen molar-refractivity contribution in [3.8, 4) is 11.5 Å². The van der Waals surface area contributed by atoms with Crippen molar-refractivity contribution in [3.63, 3.8) is 0 Å². The maximum absolute atomic E-state index is 12.6. The fourth-order valence-corrected chi connectivity index (χ4v) is 3.05. The lowest BCUT2D eigenvalue weighted by molar-refractivity contribution is -0.137. The second kappa shape index (κ2) is 5.22. The van der Waals surface area contributed by atoms with Crippen LogP contribution in [0.5, 0.6) is 11.5 Å². The number of hydrogen-bond acceptors (Lipinski definition) is 4. The third kappa shape index (κ3) is 2.35. The molecule has 0 spiro atoms. The average Bonchev–Trinajstić information content (AvgIpc) is 3.33. The van der Waals surface area contributed by atoms with E-state index in [0.29, 0.717) is 18.8 Å². The Morgan fingerprint density at radius 1 is 1.24 bits per heavy atom. The number of carbonyl (C=O) groups excluding carboxylic acids is 1. The highest BCUT2D eigenvalue weighted by molar-refractivity contribution is 5.86. The van der Waals surface area contributed by atoms with Gasteiger partial charge in [-0.15, -0.1) is 0 Å². The van der Waals surface area contributed by atoms with E-state index in [2.05, 4.69) is 0 Å². The largest absolute Gasteiger partial charge is 0.493 e. The van der Waals surface area contributed by atoms with Gasteiger partial charge in [0.1, 0.15) is 0 Å². The first kappa shape index (κ1) is 14.2. The molecule has 3 rings (SSSR count). The summed E-state index contributed by atoms with van der Waals surface area (Å²) in [7, 11) is 3.27. The van der Waals surface area contributed by atoms with Crippen molar-refractivity contribution in [2.75, 3.05) is 27.3 Å². The van der Waals surface area contributed by atoms with Gasteiger partial charge in [0, 0.05) is 19.6 Å². The minimum absolute atomic E-state index is 0.213. The predicted octanol–water partition coefficient (Wildman–Crippen LogP) is 1.33. The molecule has 5 heteroatoms. The van der Waals surface area contributed by atoms with Crippen LogP contribution in [0, 0.1) is 5.41 Å². The number of hydrogen-bond donors (Lipinski definition) is 1. The highest BCUT2D eigenvalue weighted by Gasteiger charge is 2.50. The maximum Gasteiger partial charge on any atom is 0.230 e. The van der Waals surface area contributed by atoms with Crippen molar-refractivity contribution < 1.29 is 14.3 Å². The van der Waals surface area contributed by atoms with E-state index in [0.717, 1.165) is 37.1 Å². The molecule has 1 aliphatic heterocycles. The summed E-state index contributed by atoms with van der Waals surface area (Å²) >= 11 is 0. The molecule has 2 N–H and O–H groups in total. The molecule has 1 saturated carbocycles. The van der Waals surface area contributed by atoms with Crippen molar-refractivity contribution in [2.45, 2.75) is 25.8 Å². The first-order valence-electron chi connectivity index (χ1n) is 7.37. The van der Waals surface area contributed by atoms with Crippen molar-refractivity contribution >= 4 is 5.91 Å². The number of carbonyl (C=O) groups is 1. The number of rotatable bonds is 4. The average molecular weight is 290 g/mol. The zero-order valence-corrected chi connectivity index (χ0v) is 12.6. The zero-order valence-electron chi connectivity index (χ0n) is 12.6. The number of amides is 1. The van der Waals surface area contributed by atoms with Gasteiger partial charge in [-0.05, 0) is 42.5 Å². The van der Waals surface area contributed by atoms with Gasteiger partial charge in [-0.1, -0.05) is 0 Å². The molecule has 0 atom stereocenters. The van der Waals surface area contributed by atoms with Crippen LogP contribution in [0.25, 0.3) is 0 Å². The smallest absolute Gasteiger partial charge is 0.230 e. The molecule has 1 amide bonds. The van der Waals surface area contributed by atoms with Gasteiger partial charge < -0.3 is 20.1 Å². The molecule has 1 aromatic carbocycles. The van der Waals surface area contributed by atoms with Gasteiger partial charge in [-0.3, -0.25) is 4.79 Å². The maximum atomic E-state index is 12.6. The molecule has 1 aromatic rings. The Bertz CT molecular complexity index is 567. The highest BCUT2D eigenvalue weighted by atomic mass is 16.5. The first-order chi connectivity index (χ1) is 10.1. The van der Waals surface area contributed by atoms with Gasteiger partial charge >= 0.3 is 0 Å². The molecule has 0 radical (unpaired) electrons. The standard InChI is InChI=1S/C16H22N2O3/c1-20-13-7-11-3-6-18(9-12(11)8-14(13)21-2)15(19)16(10-17)4-5-16/h7-8H,3-6,9-10,17H2,1-2H3. The van der Waals surface area contributed by atoms with E-state index in [1.807, 2.05) is 17.0 Å². The summed E-state index contributed by atoms with van der Waals surface area (Å²) in [4.78, 5) is 14.5. The zero-order chi connectivity index (χ0) is 15.0. The molecular weight excluding hydrogens is 268 g/mol. The summed E-state index contributed by atoms with van der Waals surface area (Å²) in [6, 6.07) is 4.00. The number of fused-ring (bicyclic) bond motifs is 1. The Morgan fingerprint density at radius 3 is 2.38 bits per heavy atom. The Kier molecular flexibility index (Phi) is 3.53. The van der Waals surface area contributed by atoms with Crippen LogP contribution in [-0.2, 0) is 17.8 Å². The Labute approximate surface area is 125 Å². The molecule has 0 saturated heterocycles. The summed E-state index contributed by atoms with van der Waals surface area (Å²) in [5.74, 6) is 1.67. The van der Waals surface area contributed by atoms with Crippen molar-refractivity contribution in [2.24, 2.45) is 11.1 Å². The normalized spacial score (nSPS) is 18.9. The van der Waals surface area contributed by atoms with E-state index in [-0.39, 0.29) is 11.3 Å². The highest BCUT2D eigenvalue weighted by Crippen LogP contribution is 2.47. The van der Waals surface area contributed by atoms with Crippen LogP contribution in [0.3, 0.4) is 0 Å². The van der Waals surface area contributed by atoms with Crippen LogP contribution < -0.4 is 15.2 Å². The molecule has 2 aliphatic rings. The minimum Gasteiger partial charge on any atom is -0.493 e. The Balaban J connectivity index is 1.83. The third-order valence-electron chi connectivity index (χ3n) is 4.70. The molecule has 0 bridgehead atoms. The number of nitrogens with two attached hydrogens (primary N) is 1. The fourth-order valence-electron chi connectivity index (χ4n) is 3.05. The van der Waals surface area contributed by atoms with Gasteiger partial charge in [-0.25, -0.2) is 0 Å². The van der Waals surface area contributed by atoms with E-state index >= 15 is 0 Å². The number of benzene rings is 1. The number of methoxy groups -OCH3 is 2. The number of ether oxygens (including phenoxy) is 2. The number of nitrogens with zero attached hydrogens (tertiary/aromatic N) is 1. The summed E-state index contributed by atoms with van der Waals surface area (Å²) in [5, 5.41) is 0. The summed E-state index contributed by atoms with van der Waals surface area (Å²) in [6.45, 7) is 1.85. The SMILES string of the molecule is COc1cc2c(cc1OC)CN(C(=O)C1(CN)CC1)CC2. The molecule has 1 aliphatic carbocycles. The third-order valence-corrected chi connectivity index (χ3v) is 4.70. The van der Waals surface area contributed by atoms with Crippen LogP contribution >= 0.6 is 0 Å². The van der Waals surface area contributed by atoms with Crippen molar-refractivity contribution in [1.29, 1.82) is 0 Å². The fraction of sp³-hybridized carbons (Fsp3) is 0.562. The van der Waals surface area contributed by atoms with Gasteiger partial charge in [-0.2, -0.15) is 0 Å². The molecular formula is C16H22N2O3. The molecule has 0 aromatic heterocycles. The summed E-state index contributed by atoms with van der Waals surface area (Å²) in [6.07, 6.45) is 2.71. The van der Waals surface area contributed by atoms with Crippen LogP contribution in [0.1, 0.15) is 24.0 Å². The summed E-state index contributed by atoms with van der Waals surface area (Å²) < 4.78 is 10.7. The van der Waals surface area contributed by atoms with Gasteiger partial charge in [0.2, 0.25) is 5.91 Å². The van der Waals surface area contributed by atoms with E-state index in [4.69, 9.17) is 15.2 Å². The van der Waals surface area contributed by atoms with Crippen LogP contribution in [0.4, 0.5) is 0 Å². The second-order valence-electron chi connectivity index (χ2n) is 5.94. The lowest BCUT2D eigenvalue weighted by Gasteiger charge is -2.32. The van der Waals surface area contributed by atoms with Gasteiger partial charge in [0.15, 0.2) is 11.5 Å². The molecule has 1 heterocycles. The molecule has 1 fully saturated rings. The van der Waals surface area contributed by atoms with Crippen LogP contribution in [0.15, 0.2) is 12.1 Å². The van der Waals surface area contributed by atoms with E-state index in [1.165, 1.54) is 5.56 Å². The van der Waals surface area contributed by atoms with Gasteiger partial charge in [0.25, 0.3) is 0 Å². The molecule has 21 heavy (non-hydrogen) atoms. The quantitative estimate of drug-likeness (QED) is 0.908.